The van der Waals surface area contributed by atoms with E-state index in [2.05, 4.69) is 10.3 Å². The third-order valence-electron chi connectivity index (χ3n) is 4.67. The molecule has 2 atom stereocenters. The Morgan fingerprint density at radius 1 is 1.42 bits per heavy atom. The van der Waals surface area contributed by atoms with Gasteiger partial charge in [-0.05, 0) is 18.1 Å². The molecule has 0 bridgehead atoms. The molecule has 7 nitrogen and oxygen atoms in total. The number of halogens is 1. The molecule has 2 aromatic rings. The molecule has 0 spiro atoms. The molecule has 0 radical (unpaired) electrons. The van der Waals surface area contributed by atoms with Crippen LogP contribution < -0.4 is 20.5 Å². The predicted octanol–water partition coefficient (Wildman–Crippen LogP) is 1.77. The van der Waals surface area contributed by atoms with Gasteiger partial charge in [-0.15, -0.1) is 0 Å². The van der Waals surface area contributed by atoms with E-state index in [1.165, 1.54) is 19.2 Å². The number of carbonyl (C=O) groups excluding carboxylic acids is 2. The van der Waals surface area contributed by atoms with Crippen molar-refractivity contribution in [2.75, 3.05) is 13.7 Å². The smallest absolute Gasteiger partial charge is 0.252 e. The monoisotopic (exact) mass is 361 g/mol. The molecule has 26 heavy (non-hydrogen) atoms. The minimum absolute atomic E-state index is 0.00450. The fourth-order valence-corrected chi connectivity index (χ4v) is 3.22. The van der Waals surface area contributed by atoms with Gasteiger partial charge < -0.3 is 20.5 Å². The molecule has 1 saturated heterocycles. The van der Waals surface area contributed by atoms with Crippen molar-refractivity contribution in [2.24, 2.45) is 11.7 Å². The molecule has 8 heteroatoms. The van der Waals surface area contributed by atoms with E-state index in [-0.39, 0.29) is 47.1 Å². The summed E-state index contributed by atoms with van der Waals surface area (Å²) in [5, 5.41) is 3.40. The minimum atomic E-state index is -0.720. The zero-order valence-corrected chi connectivity index (χ0v) is 14.5. The summed E-state index contributed by atoms with van der Waals surface area (Å²) in [5.74, 6) is -0.727. The molecule has 1 unspecified atom stereocenters. The molecule has 3 N–H and O–H groups in total. The summed E-state index contributed by atoms with van der Waals surface area (Å²) in [6, 6.07) is 2.68. The molecule has 0 aliphatic carbocycles. The van der Waals surface area contributed by atoms with Crippen LogP contribution in [0, 0.1) is 11.7 Å². The van der Waals surface area contributed by atoms with E-state index in [0.29, 0.717) is 11.8 Å². The molecular weight excluding hydrogens is 341 g/mol. The highest BCUT2D eigenvalue weighted by atomic mass is 19.1. The number of nitrogens with two attached hydrogens (primary N) is 1. The standard InChI is InChI=1S/C18H20FN3O4/c1-3-9-4-16(23)22-14(9)8-26-18-11-6-15(25-2)12(17(20)24)5-10(11)13(19)7-21-18/h5-7,9,14H,3-4,8H2,1-2H3,(H2,20,24)(H,22,23)/t9?,14-/m1/s1. The Kier molecular flexibility index (Phi) is 4.92. The van der Waals surface area contributed by atoms with Gasteiger partial charge in [0.05, 0.1) is 30.3 Å². The zero-order chi connectivity index (χ0) is 18.8. The number of hydrogen-bond acceptors (Lipinski definition) is 5. The van der Waals surface area contributed by atoms with Crippen LogP contribution >= 0.6 is 0 Å². The number of nitrogens with zero attached hydrogens (tertiary/aromatic N) is 1. The van der Waals surface area contributed by atoms with Crippen molar-refractivity contribution in [1.29, 1.82) is 0 Å². The molecular formula is C18H20FN3O4. The second-order valence-corrected chi connectivity index (χ2v) is 6.23. The number of pyridine rings is 1. The lowest BCUT2D eigenvalue weighted by atomic mass is 9.98. The van der Waals surface area contributed by atoms with Crippen molar-refractivity contribution in [1.82, 2.24) is 10.3 Å². The maximum absolute atomic E-state index is 14.2. The van der Waals surface area contributed by atoms with Crippen LogP contribution in [0.2, 0.25) is 0 Å². The highest BCUT2D eigenvalue weighted by Gasteiger charge is 2.31. The van der Waals surface area contributed by atoms with Gasteiger partial charge in [-0.3, -0.25) is 9.59 Å². The lowest BCUT2D eigenvalue weighted by Gasteiger charge is -2.18. The first-order valence-electron chi connectivity index (χ1n) is 8.32. The van der Waals surface area contributed by atoms with Crippen LogP contribution in [0.15, 0.2) is 18.3 Å². The van der Waals surface area contributed by atoms with Gasteiger partial charge in [-0.1, -0.05) is 13.3 Å². The van der Waals surface area contributed by atoms with Gasteiger partial charge in [0.1, 0.15) is 18.2 Å². The molecule has 1 fully saturated rings. The molecule has 138 valence electrons. The number of fused-ring (bicyclic) bond motifs is 1. The van der Waals surface area contributed by atoms with Crippen LogP contribution in [0.3, 0.4) is 0 Å². The molecule has 1 aliphatic rings. The molecule has 2 amide bonds. The molecule has 0 saturated carbocycles. The van der Waals surface area contributed by atoms with Crippen molar-refractivity contribution >= 4 is 22.6 Å². The average molecular weight is 361 g/mol. The second kappa shape index (κ2) is 7.15. The van der Waals surface area contributed by atoms with Crippen LogP contribution in [0.5, 0.6) is 11.6 Å². The maximum atomic E-state index is 14.2. The van der Waals surface area contributed by atoms with Gasteiger partial charge in [0.15, 0.2) is 0 Å². The largest absolute Gasteiger partial charge is 0.496 e. The molecule has 3 rings (SSSR count). The van der Waals surface area contributed by atoms with Gasteiger partial charge >= 0.3 is 0 Å². The lowest BCUT2D eigenvalue weighted by Crippen LogP contribution is -2.34. The number of nitrogens with one attached hydrogen (secondary N) is 1. The van der Waals surface area contributed by atoms with Crippen molar-refractivity contribution < 1.29 is 23.5 Å². The predicted molar refractivity (Wildman–Crippen MR) is 92.6 cm³/mol. The zero-order valence-electron chi connectivity index (χ0n) is 14.5. The summed E-state index contributed by atoms with van der Waals surface area (Å²) >= 11 is 0. The van der Waals surface area contributed by atoms with Crippen molar-refractivity contribution in [3.05, 3.63) is 29.7 Å². The van der Waals surface area contributed by atoms with E-state index in [9.17, 15) is 14.0 Å². The topological polar surface area (TPSA) is 104 Å². The Bertz CT molecular complexity index is 871. The number of rotatable bonds is 6. The van der Waals surface area contributed by atoms with Crippen LogP contribution in [0.25, 0.3) is 10.8 Å². The highest BCUT2D eigenvalue weighted by Crippen LogP contribution is 2.32. The number of methoxy groups -OCH3 is 1. The third kappa shape index (κ3) is 3.26. The summed E-state index contributed by atoms with van der Waals surface area (Å²) in [6.07, 6.45) is 2.34. The van der Waals surface area contributed by atoms with Crippen molar-refractivity contribution in [3.8, 4) is 11.6 Å². The molecule has 1 aromatic heterocycles. The quantitative estimate of drug-likeness (QED) is 0.816. The molecule has 2 heterocycles. The minimum Gasteiger partial charge on any atom is -0.496 e. The number of ether oxygens (including phenoxy) is 2. The number of hydrogen-bond donors (Lipinski definition) is 2. The number of primary amides is 1. The average Bonchev–Trinajstić information content (AvgIpc) is 3.00. The molecule has 1 aromatic carbocycles. The summed E-state index contributed by atoms with van der Waals surface area (Å²) in [5.41, 5.74) is 5.40. The van der Waals surface area contributed by atoms with E-state index in [1.54, 1.807) is 0 Å². The Morgan fingerprint density at radius 3 is 2.85 bits per heavy atom. The van der Waals surface area contributed by atoms with Crippen LogP contribution in [0.1, 0.15) is 30.1 Å². The van der Waals surface area contributed by atoms with Crippen molar-refractivity contribution in [3.63, 3.8) is 0 Å². The van der Waals surface area contributed by atoms with Gasteiger partial charge in [-0.25, -0.2) is 9.37 Å². The van der Waals surface area contributed by atoms with Crippen LogP contribution in [0.4, 0.5) is 4.39 Å². The number of aromatic nitrogens is 1. The second-order valence-electron chi connectivity index (χ2n) is 6.23. The number of amides is 2. The Morgan fingerprint density at radius 2 is 2.19 bits per heavy atom. The number of benzene rings is 1. The van der Waals surface area contributed by atoms with E-state index in [4.69, 9.17) is 15.2 Å². The van der Waals surface area contributed by atoms with Crippen LogP contribution in [-0.2, 0) is 4.79 Å². The Labute approximate surface area is 149 Å². The Hall–Kier alpha value is -2.90. The summed E-state index contributed by atoms with van der Waals surface area (Å²) in [4.78, 5) is 27.1. The highest BCUT2D eigenvalue weighted by molar-refractivity contribution is 6.01. The summed E-state index contributed by atoms with van der Waals surface area (Å²) in [6.45, 7) is 2.23. The normalized spacial score (nSPS) is 19.4. The fraction of sp³-hybridized carbons (Fsp3) is 0.389. The summed E-state index contributed by atoms with van der Waals surface area (Å²) in [7, 11) is 1.39. The summed E-state index contributed by atoms with van der Waals surface area (Å²) < 4.78 is 25.1. The fourth-order valence-electron chi connectivity index (χ4n) is 3.22. The van der Waals surface area contributed by atoms with Gasteiger partial charge in [0, 0.05) is 11.8 Å². The number of carbonyl (C=O) groups is 2. The Balaban J connectivity index is 1.95. The van der Waals surface area contributed by atoms with E-state index >= 15 is 0 Å². The first kappa shape index (κ1) is 17.9. The lowest BCUT2D eigenvalue weighted by molar-refractivity contribution is -0.119. The van der Waals surface area contributed by atoms with Gasteiger partial charge in [0.2, 0.25) is 11.8 Å². The van der Waals surface area contributed by atoms with Gasteiger partial charge in [0.25, 0.3) is 5.91 Å². The van der Waals surface area contributed by atoms with Gasteiger partial charge in [-0.2, -0.15) is 0 Å². The van der Waals surface area contributed by atoms with E-state index in [0.717, 1.165) is 12.6 Å². The van der Waals surface area contributed by atoms with E-state index < -0.39 is 11.7 Å². The first-order valence-corrected chi connectivity index (χ1v) is 8.32. The van der Waals surface area contributed by atoms with Crippen LogP contribution in [-0.4, -0.2) is 36.6 Å². The first-order chi connectivity index (χ1) is 12.4. The van der Waals surface area contributed by atoms with E-state index in [1.807, 2.05) is 6.92 Å². The molecule has 1 aliphatic heterocycles. The third-order valence-corrected chi connectivity index (χ3v) is 4.67. The SMILES string of the molecule is CCC1CC(=O)N[C@@H]1COc1ncc(F)c2cc(C(N)=O)c(OC)cc12. The van der Waals surface area contributed by atoms with Crippen molar-refractivity contribution in [2.45, 2.75) is 25.8 Å². The maximum Gasteiger partial charge on any atom is 0.252 e.